The van der Waals surface area contributed by atoms with Crippen molar-refractivity contribution in [1.29, 1.82) is 0 Å². The van der Waals surface area contributed by atoms with E-state index in [9.17, 15) is 0 Å². The first-order valence-electron chi connectivity index (χ1n) is 3.62. The summed E-state index contributed by atoms with van der Waals surface area (Å²) in [4.78, 5) is 1.03. The number of aromatic nitrogens is 2. The molecule has 1 atom stereocenters. The van der Waals surface area contributed by atoms with Gasteiger partial charge in [0.05, 0.1) is 17.1 Å². The molecule has 66 valence electrons. The highest BCUT2D eigenvalue weighted by Gasteiger charge is 2.07. The molecule has 0 aliphatic carbocycles. The lowest BCUT2D eigenvalue weighted by atomic mass is 10.2. The maximum atomic E-state index is 5.37. The van der Waals surface area contributed by atoms with E-state index in [0.717, 1.165) is 4.88 Å². The van der Waals surface area contributed by atoms with Gasteiger partial charge in [0, 0.05) is 0 Å². The fourth-order valence-electron chi connectivity index (χ4n) is 0.858. The maximum absolute atomic E-state index is 5.37. The van der Waals surface area contributed by atoms with Gasteiger partial charge >= 0.3 is 0 Å². The monoisotopic (exact) mass is 184 g/mol. The molecule has 0 aromatic carbocycles. The van der Waals surface area contributed by atoms with Gasteiger partial charge in [-0.25, -0.2) is 5.43 Å². The predicted molar refractivity (Wildman–Crippen MR) is 49.4 cm³/mol. The molecule has 0 aliphatic heterocycles. The second-order valence-corrected chi connectivity index (χ2v) is 3.53. The van der Waals surface area contributed by atoms with E-state index >= 15 is 0 Å². The molecule has 12 heavy (non-hydrogen) atoms. The number of nitrogens with one attached hydrogen (secondary N) is 1. The zero-order valence-corrected chi connectivity index (χ0v) is 7.93. The van der Waals surface area contributed by atoms with Crippen molar-refractivity contribution in [3.8, 4) is 0 Å². The molecular weight excluding hydrogens is 172 g/mol. The average Bonchev–Trinajstić information content (AvgIpc) is 2.51. The Morgan fingerprint density at radius 2 is 2.50 bits per heavy atom. The van der Waals surface area contributed by atoms with Crippen LogP contribution in [0, 0.1) is 0 Å². The molecule has 1 aromatic heterocycles. The first-order valence-corrected chi connectivity index (χ1v) is 4.40. The average molecular weight is 184 g/mol. The molecule has 0 spiro atoms. The number of hydrogen-bond acceptors (Lipinski definition) is 5. The normalized spacial score (nSPS) is 12.6. The van der Waals surface area contributed by atoms with Crippen molar-refractivity contribution >= 4 is 11.5 Å². The molecule has 0 saturated heterocycles. The first-order chi connectivity index (χ1) is 5.74. The number of hydrogen-bond donors (Lipinski definition) is 2. The van der Waals surface area contributed by atoms with Gasteiger partial charge < -0.3 is 0 Å². The summed E-state index contributed by atoms with van der Waals surface area (Å²) in [5.74, 6) is 5.37. The van der Waals surface area contributed by atoms with Gasteiger partial charge in [0.15, 0.2) is 0 Å². The molecule has 0 amide bonds. The zero-order chi connectivity index (χ0) is 8.97. The van der Waals surface area contributed by atoms with Crippen molar-refractivity contribution in [1.82, 2.24) is 15.0 Å². The summed E-state index contributed by atoms with van der Waals surface area (Å²) in [5, 5.41) is 3.74. The Kier molecular flexibility index (Phi) is 3.33. The van der Waals surface area contributed by atoms with Crippen LogP contribution in [0.15, 0.2) is 17.8 Å². The van der Waals surface area contributed by atoms with Gasteiger partial charge in [-0.15, -0.1) is 5.10 Å². The van der Waals surface area contributed by atoms with Crippen molar-refractivity contribution in [2.45, 2.75) is 19.9 Å². The van der Waals surface area contributed by atoms with E-state index in [-0.39, 0.29) is 6.04 Å². The van der Waals surface area contributed by atoms with Crippen molar-refractivity contribution in [3.63, 3.8) is 0 Å². The lowest BCUT2D eigenvalue weighted by molar-refractivity contribution is 0.660. The Morgan fingerprint density at radius 1 is 1.75 bits per heavy atom. The standard InChI is InChI=1S/C7H12N4S/c1-5(2)3-6(10-8)7-4-9-11-12-7/h3-4,6,10H,8H2,1-2H3. The van der Waals surface area contributed by atoms with Crippen LogP contribution in [0.2, 0.25) is 0 Å². The van der Waals surface area contributed by atoms with Gasteiger partial charge in [0.2, 0.25) is 0 Å². The van der Waals surface area contributed by atoms with Crippen molar-refractivity contribution in [2.24, 2.45) is 5.84 Å². The fraction of sp³-hybridized carbons (Fsp3) is 0.429. The molecule has 4 nitrogen and oxygen atoms in total. The molecule has 3 N–H and O–H groups in total. The van der Waals surface area contributed by atoms with E-state index in [2.05, 4.69) is 15.0 Å². The first kappa shape index (κ1) is 9.31. The molecule has 5 heteroatoms. The molecule has 1 aromatic rings. The number of rotatable bonds is 3. The van der Waals surface area contributed by atoms with E-state index in [1.165, 1.54) is 17.1 Å². The second kappa shape index (κ2) is 4.30. The molecule has 1 unspecified atom stereocenters. The molecule has 0 saturated carbocycles. The second-order valence-electron chi connectivity index (χ2n) is 2.71. The van der Waals surface area contributed by atoms with Crippen LogP contribution in [-0.4, -0.2) is 9.59 Å². The largest absolute Gasteiger partial charge is 0.271 e. The zero-order valence-electron chi connectivity index (χ0n) is 7.11. The van der Waals surface area contributed by atoms with Gasteiger partial charge in [0.25, 0.3) is 0 Å². The van der Waals surface area contributed by atoms with Crippen LogP contribution >= 0.6 is 11.5 Å². The summed E-state index contributed by atoms with van der Waals surface area (Å²) in [7, 11) is 0. The van der Waals surface area contributed by atoms with Crippen LogP contribution in [0.25, 0.3) is 0 Å². The lowest BCUT2D eigenvalue weighted by Crippen LogP contribution is -2.26. The predicted octanol–water partition coefficient (Wildman–Crippen LogP) is 1.01. The summed E-state index contributed by atoms with van der Waals surface area (Å²) in [6.07, 6.45) is 3.75. The summed E-state index contributed by atoms with van der Waals surface area (Å²) >= 11 is 1.35. The highest BCUT2D eigenvalue weighted by Crippen LogP contribution is 2.16. The molecule has 1 heterocycles. The number of allylic oxidation sites excluding steroid dienone is 1. The third kappa shape index (κ3) is 2.37. The molecule has 1 rings (SSSR count). The lowest BCUT2D eigenvalue weighted by Gasteiger charge is -2.07. The minimum atomic E-state index is 0.0370. The smallest absolute Gasteiger partial charge is 0.0768 e. The van der Waals surface area contributed by atoms with Gasteiger partial charge in [-0.3, -0.25) is 5.84 Å². The molecule has 0 bridgehead atoms. The SMILES string of the molecule is CC(C)=CC(NN)c1cnns1. The van der Waals surface area contributed by atoms with E-state index in [1.54, 1.807) is 6.20 Å². The van der Waals surface area contributed by atoms with Crippen LogP contribution in [-0.2, 0) is 0 Å². The van der Waals surface area contributed by atoms with Gasteiger partial charge in [-0.1, -0.05) is 16.1 Å². The van der Waals surface area contributed by atoms with Gasteiger partial charge in [0.1, 0.15) is 0 Å². The van der Waals surface area contributed by atoms with Crippen molar-refractivity contribution in [3.05, 3.63) is 22.7 Å². The van der Waals surface area contributed by atoms with Gasteiger partial charge in [-0.2, -0.15) is 0 Å². The highest BCUT2D eigenvalue weighted by atomic mass is 32.1. The van der Waals surface area contributed by atoms with Crippen LogP contribution in [0.5, 0.6) is 0 Å². The summed E-state index contributed by atoms with van der Waals surface area (Å²) in [6.45, 7) is 4.05. The Bertz CT molecular complexity index is 250. The van der Waals surface area contributed by atoms with E-state index in [0.29, 0.717) is 0 Å². The Hall–Kier alpha value is -0.780. The van der Waals surface area contributed by atoms with Gasteiger partial charge in [-0.05, 0) is 25.4 Å². The number of nitrogens with zero attached hydrogens (tertiary/aromatic N) is 2. The quantitative estimate of drug-likeness (QED) is 0.418. The van der Waals surface area contributed by atoms with Crippen molar-refractivity contribution < 1.29 is 0 Å². The summed E-state index contributed by atoms with van der Waals surface area (Å²) in [6, 6.07) is 0.0370. The van der Waals surface area contributed by atoms with Crippen molar-refractivity contribution in [2.75, 3.05) is 0 Å². The Labute approximate surface area is 75.6 Å². The molecule has 0 aliphatic rings. The van der Waals surface area contributed by atoms with Crippen LogP contribution in [0.1, 0.15) is 24.8 Å². The minimum Gasteiger partial charge on any atom is -0.271 e. The fourth-order valence-corrected chi connectivity index (χ4v) is 1.39. The minimum absolute atomic E-state index is 0.0370. The van der Waals surface area contributed by atoms with Crippen LogP contribution in [0.4, 0.5) is 0 Å². The Balaban J connectivity index is 2.77. The third-order valence-corrected chi connectivity index (χ3v) is 2.11. The van der Waals surface area contributed by atoms with E-state index in [4.69, 9.17) is 5.84 Å². The molecule has 0 radical (unpaired) electrons. The number of hydrazine groups is 1. The molecule has 0 fully saturated rings. The van der Waals surface area contributed by atoms with Crippen LogP contribution in [0.3, 0.4) is 0 Å². The Morgan fingerprint density at radius 3 is 2.92 bits per heavy atom. The summed E-state index contributed by atoms with van der Waals surface area (Å²) in [5.41, 5.74) is 3.90. The van der Waals surface area contributed by atoms with E-state index < -0.39 is 0 Å². The maximum Gasteiger partial charge on any atom is 0.0768 e. The van der Waals surface area contributed by atoms with E-state index in [1.807, 2.05) is 19.9 Å². The summed E-state index contributed by atoms with van der Waals surface area (Å²) < 4.78 is 3.77. The molecular formula is C7H12N4S. The van der Waals surface area contributed by atoms with Crippen LogP contribution < -0.4 is 11.3 Å². The number of nitrogens with two attached hydrogens (primary N) is 1. The topological polar surface area (TPSA) is 63.8 Å². The third-order valence-electron chi connectivity index (χ3n) is 1.36. The highest BCUT2D eigenvalue weighted by molar-refractivity contribution is 7.05.